The Morgan fingerprint density at radius 1 is 1.41 bits per heavy atom. The Kier molecular flexibility index (Phi) is 7.24. The second-order valence-electron chi connectivity index (χ2n) is 3.83. The fourth-order valence-corrected chi connectivity index (χ4v) is 2.01. The zero-order valence-electron chi connectivity index (χ0n) is 10.2. The van der Waals surface area contributed by atoms with Crippen molar-refractivity contribution in [2.45, 2.75) is 26.3 Å². The minimum atomic E-state index is 0.161. The van der Waals surface area contributed by atoms with Crippen LogP contribution in [0.5, 0.6) is 5.75 Å². The zero-order chi connectivity index (χ0) is 12.5. The van der Waals surface area contributed by atoms with Crippen LogP contribution in [0.1, 0.15) is 25.3 Å². The van der Waals surface area contributed by atoms with Crippen molar-refractivity contribution in [1.29, 1.82) is 0 Å². The van der Waals surface area contributed by atoms with Crippen molar-refractivity contribution in [2.75, 3.05) is 19.8 Å². The second-order valence-corrected chi connectivity index (χ2v) is 4.68. The number of aliphatic hydroxyl groups is 1. The summed E-state index contributed by atoms with van der Waals surface area (Å²) in [6.45, 7) is 4.66. The van der Waals surface area contributed by atoms with Crippen LogP contribution in [0.4, 0.5) is 0 Å². The van der Waals surface area contributed by atoms with Crippen molar-refractivity contribution in [2.24, 2.45) is 0 Å². The predicted octanol–water partition coefficient (Wildman–Crippen LogP) is 2.71. The number of rotatable bonds is 8. The van der Waals surface area contributed by atoms with Gasteiger partial charge in [-0.15, -0.1) is 0 Å². The Hall–Kier alpha value is -0.580. The van der Waals surface area contributed by atoms with Crippen LogP contribution in [0.15, 0.2) is 22.7 Å². The van der Waals surface area contributed by atoms with Gasteiger partial charge in [0, 0.05) is 25.1 Å². The monoisotopic (exact) mass is 301 g/mol. The van der Waals surface area contributed by atoms with E-state index in [0.29, 0.717) is 13.0 Å². The van der Waals surface area contributed by atoms with E-state index >= 15 is 0 Å². The van der Waals surface area contributed by atoms with Crippen molar-refractivity contribution in [1.82, 2.24) is 5.32 Å². The third-order valence-corrected chi connectivity index (χ3v) is 2.96. The summed E-state index contributed by atoms with van der Waals surface area (Å²) in [6, 6.07) is 6.03. The van der Waals surface area contributed by atoms with Crippen LogP contribution in [0.3, 0.4) is 0 Å². The summed E-state index contributed by atoms with van der Waals surface area (Å²) in [7, 11) is 0. The Balaban J connectivity index is 2.63. The van der Waals surface area contributed by atoms with Crippen molar-refractivity contribution >= 4 is 15.9 Å². The minimum absolute atomic E-state index is 0.161. The molecule has 0 atom stereocenters. The van der Waals surface area contributed by atoms with Crippen LogP contribution >= 0.6 is 15.9 Å². The number of nitrogens with one attached hydrogen (secondary N) is 1. The molecule has 3 nitrogen and oxygen atoms in total. The van der Waals surface area contributed by atoms with Gasteiger partial charge >= 0.3 is 0 Å². The van der Waals surface area contributed by atoms with Gasteiger partial charge in [-0.25, -0.2) is 0 Å². The van der Waals surface area contributed by atoms with E-state index in [0.717, 1.165) is 35.3 Å². The van der Waals surface area contributed by atoms with Gasteiger partial charge in [0.15, 0.2) is 0 Å². The maximum Gasteiger partial charge on any atom is 0.137 e. The molecule has 0 bridgehead atoms. The molecule has 0 aliphatic heterocycles. The summed E-state index contributed by atoms with van der Waals surface area (Å²) in [6.07, 6.45) is 1.78. The smallest absolute Gasteiger partial charge is 0.137 e. The molecule has 96 valence electrons. The maximum atomic E-state index is 8.75. The molecule has 1 rings (SSSR count). The molecule has 0 saturated carbocycles. The lowest BCUT2D eigenvalue weighted by Crippen LogP contribution is -2.15. The third-order valence-electron chi connectivity index (χ3n) is 2.34. The van der Waals surface area contributed by atoms with E-state index < -0.39 is 0 Å². The van der Waals surface area contributed by atoms with Gasteiger partial charge in [-0.05, 0) is 35.0 Å². The molecule has 1 aromatic carbocycles. The number of para-hydroxylation sites is 1. The van der Waals surface area contributed by atoms with Gasteiger partial charge in [-0.1, -0.05) is 19.1 Å². The standard InChI is InChI=1S/C13H20BrNO2/c1-2-7-15-10-11-5-3-6-12(14)13(11)17-9-4-8-16/h3,5-6,15-16H,2,4,7-10H2,1H3. The first-order chi connectivity index (χ1) is 8.29. The fraction of sp³-hybridized carbons (Fsp3) is 0.538. The van der Waals surface area contributed by atoms with Crippen molar-refractivity contribution in [3.8, 4) is 5.75 Å². The largest absolute Gasteiger partial charge is 0.492 e. The number of hydrogen-bond acceptors (Lipinski definition) is 3. The number of aliphatic hydroxyl groups excluding tert-OH is 1. The van der Waals surface area contributed by atoms with Crippen LogP contribution in [0, 0.1) is 0 Å². The molecule has 0 aromatic heterocycles. The summed E-state index contributed by atoms with van der Waals surface area (Å²) >= 11 is 3.49. The minimum Gasteiger partial charge on any atom is -0.492 e. The van der Waals surface area contributed by atoms with Gasteiger partial charge in [0.05, 0.1) is 11.1 Å². The molecular formula is C13H20BrNO2. The van der Waals surface area contributed by atoms with Gasteiger partial charge in [-0.2, -0.15) is 0 Å². The molecule has 0 fully saturated rings. The quantitative estimate of drug-likeness (QED) is 0.726. The number of ether oxygens (including phenoxy) is 1. The Morgan fingerprint density at radius 2 is 2.24 bits per heavy atom. The summed E-state index contributed by atoms with van der Waals surface area (Å²) in [5.74, 6) is 0.879. The highest BCUT2D eigenvalue weighted by atomic mass is 79.9. The highest BCUT2D eigenvalue weighted by Crippen LogP contribution is 2.29. The number of hydrogen-bond donors (Lipinski definition) is 2. The molecule has 0 unspecified atom stereocenters. The summed E-state index contributed by atoms with van der Waals surface area (Å²) in [4.78, 5) is 0. The summed E-state index contributed by atoms with van der Waals surface area (Å²) < 4.78 is 6.66. The molecule has 0 heterocycles. The SMILES string of the molecule is CCCNCc1cccc(Br)c1OCCCO. The van der Waals surface area contributed by atoms with Gasteiger partial charge in [0.1, 0.15) is 5.75 Å². The average Bonchev–Trinajstić information content (AvgIpc) is 2.33. The molecule has 0 saturated heterocycles. The summed E-state index contributed by atoms with van der Waals surface area (Å²) in [5.41, 5.74) is 1.14. The van der Waals surface area contributed by atoms with Crippen molar-refractivity contribution in [3.05, 3.63) is 28.2 Å². The zero-order valence-corrected chi connectivity index (χ0v) is 11.8. The maximum absolute atomic E-state index is 8.75. The fourth-order valence-electron chi connectivity index (χ4n) is 1.49. The topological polar surface area (TPSA) is 41.5 Å². The molecule has 0 radical (unpaired) electrons. The third kappa shape index (κ3) is 5.06. The summed E-state index contributed by atoms with van der Waals surface area (Å²) in [5, 5.41) is 12.1. The highest BCUT2D eigenvalue weighted by Gasteiger charge is 2.07. The number of halogens is 1. The van der Waals surface area contributed by atoms with Crippen LogP contribution < -0.4 is 10.1 Å². The van der Waals surface area contributed by atoms with E-state index in [2.05, 4.69) is 34.2 Å². The normalized spacial score (nSPS) is 10.5. The van der Waals surface area contributed by atoms with E-state index in [1.54, 1.807) is 0 Å². The van der Waals surface area contributed by atoms with E-state index in [4.69, 9.17) is 9.84 Å². The molecule has 2 N–H and O–H groups in total. The van der Waals surface area contributed by atoms with Crippen LogP contribution in [-0.2, 0) is 6.54 Å². The van der Waals surface area contributed by atoms with Crippen LogP contribution in [-0.4, -0.2) is 24.9 Å². The number of benzene rings is 1. The first-order valence-electron chi connectivity index (χ1n) is 6.01. The lowest BCUT2D eigenvalue weighted by atomic mass is 10.2. The van der Waals surface area contributed by atoms with E-state index in [1.807, 2.05) is 12.1 Å². The average molecular weight is 302 g/mol. The first kappa shape index (κ1) is 14.5. The first-order valence-corrected chi connectivity index (χ1v) is 6.80. The van der Waals surface area contributed by atoms with E-state index in [9.17, 15) is 0 Å². The van der Waals surface area contributed by atoms with Gasteiger partial charge < -0.3 is 15.2 Å². The molecule has 17 heavy (non-hydrogen) atoms. The van der Waals surface area contributed by atoms with Gasteiger partial charge in [-0.3, -0.25) is 0 Å². The molecule has 0 spiro atoms. The lowest BCUT2D eigenvalue weighted by Gasteiger charge is -2.13. The molecule has 0 aliphatic rings. The molecule has 0 aliphatic carbocycles. The van der Waals surface area contributed by atoms with Gasteiger partial charge in [0.25, 0.3) is 0 Å². The van der Waals surface area contributed by atoms with Crippen LogP contribution in [0.2, 0.25) is 0 Å². The van der Waals surface area contributed by atoms with Crippen molar-refractivity contribution < 1.29 is 9.84 Å². The van der Waals surface area contributed by atoms with Gasteiger partial charge in [0.2, 0.25) is 0 Å². The Labute approximate surface area is 111 Å². The molecular weight excluding hydrogens is 282 g/mol. The van der Waals surface area contributed by atoms with Crippen molar-refractivity contribution in [3.63, 3.8) is 0 Å². The molecule has 1 aromatic rings. The molecule has 0 amide bonds. The Morgan fingerprint density at radius 3 is 2.94 bits per heavy atom. The lowest BCUT2D eigenvalue weighted by molar-refractivity contribution is 0.231. The molecule has 4 heteroatoms. The van der Waals surface area contributed by atoms with E-state index in [-0.39, 0.29) is 6.61 Å². The Bertz CT molecular complexity index is 331. The van der Waals surface area contributed by atoms with E-state index in [1.165, 1.54) is 0 Å². The highest BCUT2D eigenvalue weighted by molar-refractivity contribution is 9.10. The predicted molar refractivity (Wildman–Crippen MR) is 73.3 cm³/mol. The van der Waals surface area contributed by atoms with Crippen LogP contribution in [0.25, 0.3) is 0 Å². The second kappa shape index (κ2) is 8.50.